The molecule has 0 amide bonds. The summed E-state index contributed by atoms with van der Waals surface area (Å²) in [4.78, 5) is 6.60. The van der Waals surface area contributed by atoms with Gasteiger partial charge in [0.15, 0.2) is 5.11 Å². The van der Waals surface area contributed by atoms with E-state index >= 15 is 0 Å². The van der Waals surface area contributed by atoms with Crippen molar-refractivity contribution in [2.75, 3.05) is 12.0 Å². The van der Waals surface area contributed by atoms with Gasteiger partial charge in [-0.2, -0.15) is 13.2 Å². The van der Waals surface area contributed by atoms with E-state index in [1.807, 2.05) is 91.5 Å². The van der Waals surface area contributed by atoms with E-state index in [-0.39, 0.29) is 11.7 Å². The van der Waals surface area contributed by atoms with Gasteiger partial charge in [-0.1, -0.05) is 18.2 Å². The first kappa shape index (κ1) is 29.3. The lowest BCUT2D eigenvalue weighted by Crippen LogP contribution is -2.29. The molecule has 5 aromatic rings. The van der Waals surface area contributed by atoms with Crippen LogP contribution >= 0.6 is 12.2 Å². The van der Waals surface area contributed by atoms with Gasteiger partial charge in [0, 0.05) is 23.3 Å². The summed E-state index contributed by atoms with van der Waals surface area (Å²) in [5.74, 6) is 2.03. The number of methoxy groups -OCH3 is 1. The Morgan fingerprint density at radius 1 is 0.841 bits per heavy atom. The number of ether oxygens (including phenoxy) is 2. The Hall–Kier alpha value is -4.83. The Balaban J connectivity index is 1.41. The van der Waals surface area contributed by atoms with Crippen LogP contribution in [0.4, 0.5) is 18.9 Å². The smallest absolute Gasteiger partial charge is 0.418 e. The molecular formula is C34H29F3N4O2S. The van der Waals surface area contributed by atoms with Crippen molar-refractivity contribution >= 4 is 23.0 Å². The van der Waals surface area contributed by atoms with Crippen LogP contribution in [-0.4, -0.2) is 21.8 Å². The Bertz CT molecular complexity index is 1790. The number of alkyl halides is 3. The number of anilines is 1. The average molecular weight is 615 g/mol. The van der Waals surface area contributed by atoms with E-state index in [9.17, 15) is 13.2 Å². The third-order valence-corrected chi connectivity index (χ3v) is 8.06. The highest BCUT2D eigenvalue weighted by atomic mass is 32.1. The van der Waals surface area contributed by atoms with Gasteiger partial charge in [-0.25, -0.2) is 0 Å². The lowest BCUT2D eigenvalue weighted by Gasteiger charge is -2.28. The number of pyridine rings is 1. The number of hydrogen-bond acceptors (Lipinski definition) is 4. The first-order valence-electron chi connectivity index (χ1n) is 13.9. The van der Waals surface area contributed by atoms with Gasteiger partial charge >= 0.3 is 6.18 Å². The minimum Gasteiger partial charge on any atom is -0.497 e. The number of halogens is 3. The Morgan fingerprint density at radius 3 is 2.11 bits per heavy atom. The molecule has 3 aromatic carbocycles. The molecule has 0 radical (unpaired) electrons. The van der Waals surface area contributed by atoms with Crippen molar-refractivity contribution in [3.63, 3.8) is 0 Å². The molecule has 0 unspecified atom stereocenters. The highest BCUT2D eigenvalue weighted by Gasteiger charge is 2.43. The summed E-state index contributed by atoms with van der Waals surface area (Å²) in [6.07, 6.45) is -2.79. The van der Waals surface area contributed by atoms with Gasteiger partial charge in [0.05, 0.1) is 36.1 Å². The molecule has 2 aromatic heterocycles. The van der Waals surface area contributed by atoms with Gasteiger partial charge in [0.2, 0.25) is 0 Å². The maximum Gasteiger partial charge on any atom is 0.418 e. The number of nitrogens with zero attached hydrogens (tertiary/aromatic N) is 3. The fourth-order valence-electron chi connectivity index (χ4n) is 5.77. The molecule has 0 spiro atoms. The number of benzene rings is 3. The van der Waals surface area contributed by atoms with Crippen LogP contribution in [0.15, 0.2) is 103 Å². The normalized spacial score (nSPS) is 16.6. The number of nitrogens with one attached hydrogen (secondary N) is 1. The molecule has 0 aliphatic carbocycles. The summed E-state index contributed by atoms with van der Waals surface area (Å²) in [5, 5.41) is 3.91. The molecule has 10 heteroatoms. The first-order chi connectivity index (χ1) is 21.2. The molecule has 3 heterocycles. The number of rotatable bonds is 7. The van der Waals surface area contributed by atoms with Crippen LogP contribution in [0.1, 0.15) is 40.3 Å². The second-order valence-electron chi connectivity index (χ2n) is 10.4. The lowest BCUT2D eigenvalue weighted by molar-refractivity contribution is -0.137. The van der Waals surface area contributed by atoms with Gasteiger partial charge in [-0.05, 0) is 110 Å². The van der Waals surface area contributed by atoms with Gasteiger partial charge in [-0.3, -0.25) is 4.98 Å². The maximum absolute atomic E-state index is 14.1. The summed E-state index contributed by atoms with van der Waals surface area (Å²) in [5.41, 5.74) is 3.14. The highest BCUT2D eigenvalue weighted by molar-refractivity contribution is 7.80. The number of hydrogen-bond donors (Lipinski definition) is 1. The van der Waals surface area contributed by atoms with Crippen molar-refractivity contribution in [3.8, 4) is 22.9 Å². The largest absolute Gasteiger partial charge is 0.497 e. The molecule has 6 rings (SSSR count). The average Bonchev–Trinajstić information content (AvgIpc) is 3.52. The second kappa shape index (κ2) is 11.7. The monoisotopic (exact) mass is 614 g/mol. The number of thiocarbonyl (C=S) groups is 1. The van der Waals surface area contributed by atoms with Crippen molar-refractivity contribution < 1.29 is 22.6 Å². The van der Waals surface area contributed by atoms with E-state index in [0.717, 1.165) is 28.8 Å². The zero-order valence-electron chi connectivity index (χ0n) is 24.2. The van der Waals surface area contributed by atoms with Crippen molar-refractivity contribution in [1.82, 2.24) is 14.9 Å². The van der Waals surface area contributed by atoms with E-state index in [4.69, 9.17) is 21.7 Å². The Kier molecular flexibility index (Phi) is 7.77. The third kappa shape index (κ3) is 5.48. The minimum absolute atomic E-state index is 0.0794. The minimum atomic E-state index is -4.51. The van der Waals surface area contributed by atoms with Gasteiger partial charge < -0.3 is 24.3 Å². The Morgan fingerprint density at radius 2 is 1.48 bits per heavy atom. The fourth-order valence-corrected chi connectivity index (χ4v) is 6.12. The molecule has 6 nitrogen and oxygen atoms in total. The van der Waals surface area contributed by atoms with E-state index in [1.165, 1.54) is 12.1 Å². The number of aromatic nitrogens is 2. The van der Waals surface area contributed by atoms with Crippen molar-refractivity contribution in [2.24, 2.45) is 0 Å². The van der Waals surface area contributed by atoms with E-state index in [1.54, 1.807) is 23.9 Å². The molecule has 1 N–H and O–H groups in total. The molecule has 1 aliphatic heterocycles. The topological polar surface area (TPSA) is 51.6 Å². The third-order valence-electron chi connectivity index (χ3n) is 7.75. The standard InChI is InChI=1S/C34H29F3N4O2S/c1-21-20-27(22(2)40(21)30-10-5-4-8-28(30)34(35,36)37)32-31(29-9-6-7-19-38-29)39-33(44)41(32)23-11-13-25(14-12-23)43-26-17-15-24(42-3)16-18-26/h4-20,31-32H,1-3H3,(H,39,44)/t31-,32+/m0/s1. The zero-order chi connectivity index (χ0) is 31.0. The molecule has 224 valence electrons. The quantitative estimate of drug-likeness (QED) is 0.186. The molecule has 0 bridgehead atoms. The number of para-hydroxylation sites is 1. The molecule has 44 heavy (non-hydrogen) atoms. The van der Waals surface area contributed by atoms with Crippen LogP contribution in [0, 0.1) is 13.8 Å². The summed E-state index contributed by atoms with van der Waals surface area (Å²) >= 11 is 5.87. The summed E-state index contributed by atoms with van der Waals surface area (Å²) in [6.45, 7) is 3.66. The van der Waals surface area contributed by atoms with Gasteiger partial charge in [0.25, 0.3) is 0 Å². The number of aryl methyl sites for hydroxylation is 1. The molecule has 1 aliphatic rings. The maximum atomic E-state index is 14.1. The van der Waals surface area contributed by atoms with Crippen LogP contribution in [-0.2, 0) is 6.18 Å². The second-order valence-corrected chi connectivity index (χ2v) is 10.8. The van der Waals surface area contributed by atoms with Crippen LogP contribution in [0.2, 0.25) is 0 Å². The van der Waals surface area contributed by atoms with Gasteiger partial charge in [-0.15, -0.1) is 0 Å². The van der Waals surface area contributed by atoms with Gasteiger partial charge in [0.1, 0.15) is 17.2 Å². The molecule has 2 atom stereocenters. The highest BCUT2D eigenvalue weighted by Crippen LogP contribution is 2.45. The van der Waals surface area contributed by atoms with Crippen LogP contribution in [0.5, 0.6) is 17.2 Å². The van der Waals surface area contributed by atoms with Crippen molar-refractivity contribution in [2.45, 2.75) is 32.1 Å². The zero-order valence-corrected chi connectivity index (χ0v) is 25.0. The summed E-state index contributed by atoms with van der Waals surface area (Å²) in [7, 11) is 1.61. The van der Waals surface area contributed by atoms with Crippen LogP contribution < -0.4 is 19.7 Å². The van der Waals surface area contributed by atoms with Crippen molar-refractivity contribution in [3.05, 3.63) is 131 Å². The van der Waals surface area contributed by atoms with Crippen LogP contribution in [0.3, 0.4) is 0 Å². The molecule has 1 fully saturated rings. The van der Waals surface area contributed by atoms with E-state index in [2.05, 4.69) is 10.3 Å². The molecule has 1 saturated heterocycles. The van der Waals surface area contributed by atoms with E-state index < -0.39 is 17.8 Å². The summed E-state index contributed by atoms with van der Waals surface area (Å²) < 4.78 is 55.1. The van der Waals surface area contributed by atoms with Crippen LogP contribution in [0.25, 0.3) is 5.69 Å². The Labute approximate surface area is 258 Å². The van der Waals surface area contributed by atoms with E-state index in [0.29, 0.717) is 28.0 Å². The predicted molar refractivity (Wildman–Crippen MR) is 168 cm³/mol. The SMILES string of the molecule is COc1ccc(Oc2ccc(N3C(=S)N[C@@H](c4ccccn4)[C@H]3c3cc(C)n(-c4ccccc4C(F)(F)F)c3C)cc2)cc1. The lowest BCUT2D eigenvalue weighted by atomic mass is 9.96. The van der Waals surface area contributed by atoms with Crippen molar-refractivity contribution in [1.29, 1.82) is 0 Å². The molecule has 0 saturated carbocycles. The first-order valence-corrected chi connectivity index (χ1v) is 14.3. The fraction of sp³-hybridized carbons (Fsp3) is 0.176. The predicted octanol–water partition coefficient (Wildman–Crippen LogP) is 8.49. The summed E-state index contributed by atoms with van der Waals surface area (Å²) in [6, 6.07) is 27.3. The molecular weight excluding hydrogens is 585 g/mol.